The monoisotopic (exact) mass is 594 g/mol. The third-order valence-electron chi connectivity index (χ3n) is 7.32. The summed E-state index contributed by atoms with van der Waals surface area (Å²) in [5, 5.41) is 6.29. The van der Waals surface area contributed by atoms with Crippen LogP contribution in [0.1, 0.15) is 46.4 Å². The highest BCUT2D eigenvalue weighted by molar-refractivity contribution is 5.96. The zero-order chi connectivity index (χ0) is 30.4. The molecule has 1 aliphatic rings. The molecule has 0 aliphatic heterocycles. The van der Waals surface area contributed by atoms with Crippen LogP contribution in [-0.2, 0) is 0 Å². The average molecular weight is 595 g/mol. The Kier molecular flexibility index (Phi) is 11.1. The summed E-state index contributed by atoms with van der Waals surface area (Å²) in [6.07, 6.45) is 3.54. The summed E-state index contributed by atoms with van der Waals surface area (Å²) in [7, 11) is 0. The van der Waals surface area contributed by atoms with Gasteiger partial charge < -0.3 is 29.6 Å². The molecule has 4 aromatic carbocycles. The topological polar surface area (TPSA) is 95.1 Å². The summed E-state index contributed by atoms with van der Waals surface area (Å²) in [5.74, 6) is 2.35. The first kappa shape index (κ1) is 30.5. The summed E-state index contributed by atoms with van der Waals surface area (Å²) in [4.78, 5) is 26.4. The Morgan fingerprint density at radius 3 is 1.27 bits per heavy atom. The minimum absolute atomic E-state index is 0.182. The Morgan fingerprint density at radius 2 is 0.864 bits per heavy atom. The quantitative estimate of drug-likeness (QED) is 0.172. The van der Waals surface area contributed by atoms with Crippen molar-refractivity contribution in [2.45, 2.75) is 37.8 Å². The lowest BCUT2D eigenvalue weighted by atomic mass is 9.89. The molecular weight excluding hydrogens is 556 g/mol. The second-order valence-electron chi connectivity index (χ2n) is 10.5. The minimum atomic E-state index is -0.199. The number of amides is 2. The predicted molar refractivity (Wildman–Crippen MR) is 169 cm³/mol. The molecule has 0 saturated heterocycles. The number of carbonyl (C=O) groups is 2. The molecule has 0 spiro atoms. The molecule has 4 aromatic rings. The van der Waals surface area contributed by atoms with Crippen LogP contribution in [-0.4, -0.2) is 50.3 Å². The fourth-order valence-corrected chi connectivity index (χ4v) is 5.11. The van der Waals surface area contributed by atoms with Crippen LogP contribution in [0.3, 0.4) is 0 Å². The van der Waals surface area contributed by atoms with Crippen molar-refractivity contribution in [1.82, 2.24) is 10.6 Å². The number of hydrogen-bond acceptors (Lipinski definition) is 6. The Morgan fingerprint density at radius 1 is 0.500 bits per heavy atom. The number of para-hydroxylation sites is 2. The molecule has 2 N–H and O–H groups in total. The van der Waals surface area contributed by atoms with E-state index in [2.05, 4.69) is 10.6 Å². The molecule has 228 valence electrons. The number of nitrogens with one attached hydrogen (secondary N) is 2. The Labute approximate surface area is 258 Å². The largest absolute Gasteiger partial charge is 0.490 e. The molecular formula is C36H38N2O6. The Hall–Kier alpha value is -4.98. The van der Waals surface area contributed by atoms with Gasteiger partial charge in [-0.25, -0.2) is 0 Å². The summed E-state index contributed by atoms with van der Waals surface area (Å²) >= 11 is 0. The van der Waals surface area contributed by atoms with Crippen molar-refractivity contribution in [3.63, 3.8) is 0 Å². The molecule has 2 unspecified atom stereocenters. The average Bonchev–Trinajstić information content (AvgIpc) is 3.07. The first-order chi connectivity index (χ1) is 21.6. The first-order valence-corrected chi connectivity index (χ1v) is 15.1. The van der Waals surface area contributed by atoms with Crippen molar-refractivity contribution in [1.29, 1.82) is 0 Å². The van der Waals surface area contributed by atoms with Crippen LogP contribution in [0, 0.1) is 0 Å². The van der Waals surface area contributed by atoms with Gasteiger partial charge in [-0.3, -0.25) is 9.59 Å². The van der Waals surface area contributed by atoms with Crippen molar-refractivity contribution in [2.75, 3.05) is 26.4 Å². The summed E-state index contributed by atoms with van der Waals surface area (Å²) in [5.41, 5.74) is 1.01. The van der Waals surface area contributed by atoms with Gasteiger partial charge in [-0.2, -0.15) is 0 Å². The Balaban J connectivity index is 1.10. The normalized spacial score (nSPS) is 15.9. The van der Waals surface area contributed by atoms with Gasteiger partial charge in [-0.05, 0) is 73.5 Å². The van der Waals surface area contributed by atoms with Crippen molar-refractivity contribution in [2.24, 2.45) is 0 Å². The Bertz CT molecular complexity index is 1370. The van der Waals surface area contributed by atoms with E-state index in [1.54, 1.807) is 36.4 Å². The number of benzene rings is 4. The van der Waals surface area contributed by atoms with E-state index < -0.39 is 0 Å². The smallest absolute Gasteiger partial charge is 0.251 e. The predicted octanol–water partition coefficient (Wildman–Crippen LogP) is 6.07. The second kappa shape index (κ2) is 16.0. The van der Waals surface area contributed by atoms with E-state index >= 15 is 0 Å². The summed E-state index contributed by atoms with van der Waals surface area (Å²) in [6.45, 7) is 1.48. The summed E-state index contributed by atoms with van der Waals surface area (Å²) in [6, 6.07) is 32.9. The van der Waals surface area contributed by atoms with E-state index in [4.69, 9.17) is 18.9 Å². The molecule has 44 heavy (non-hydrogen) atoms. The van der Waals surface area contributed by atoms with Crippen molar-refractivity contribution in [3.8, 4) is 23.0 Å². The lowest BCUT2D eigenvalue weighted by molar-refractivity contribution is 0.0862. The van der Waals surface area contributed by atoms with Gasteiger partial charge in [0.05, 0.1) is 0 Å². The van der Waals surface area contributed by atoms with Crippen LogP contribution >= 0.6 is 0 Å². The lowest BCUT2D eigenvalue weighted by Gasteiger charge is -2.33. The molecule has 8 heteroatoms. The van der Waals surface area contributed by atoms with E-state index in [9.17, 15) is 9.59 Å². The molecule has 0 aromatic heterocycles. The minimum Gasteiger partial charge on any atom is -0.490 e. The van der Waals surface area contributed by atoms with Gasteiger partial charge in [-0.15, -0.1) is 0 Å². The van der Waals surface area contributed by atoms with Crippen LogP contribution in [0.4, 0.5) is 0 Å². The molecule has 1 fully saturated rings. The number of ether oxygens (including phenoxy) is 4. The van der Waals surface area contributed by atoms with Crippen LogP contribution < -0.4 is 29.6 Å². The fourth-order valence-electron chi connectivity index (χ4n) is 5.11. The van der Waals surface area contributed by atoms with Crippen LogP contribution in [0.15, 0.2) is 109 Å². The molecule has 0 bridgehead atoms. The second-order valence-corrected chi connectivity index (χ2v) is 10.5. The zero-order valence-electron chi connectivity index (χ0n) is 24.7. The van der Waals surface area contributed by atoms with Gasteiger partial charge in [0.1, 0.15) is 49.4 Å². The van der Waals surface area contributed by atoms with Crippen molar-refractivity contribution >= 4 is 11.8 Å². The van der Waals surface area contributed by atoms with Crippen LogP contribution in [0.2, 0.25) is 0 Å². The van der Waals surface area contributed by atoms with E-state index in [0.29, 0.717) is 49.1 Å². The maximum atomic E-state index is 13.2. The highest BCUT2D eigenvalue weighted by atomic mass is 16.5. The van der Waals surface area contributed by atoms with E-state index in [1.807, 2.05) is 72.8 Å². The molecule has 8 nitrogen and oxygen atoms in total. The molecule has 0 heterocycles. The zero-order valence-corrected chi connectivity index (χ0v) is 24.7. The highest BCUT2D eigenvalue weighted by Crippen LogP contribution is 2.22. The number of carbonyl (C=O) groups excluding carboxylic acids is 2. The molecule has 1 saturated carbocycles. The maximum absolute atomic E-state index is 13.2. The van der Waals surface area contributed by atoms with Crippen molar-refractivity contribution in [3.05, 3.63) is 120 Å². The van der Waals surface area contributed by atoms with Gasteiger partial charge in [0, 0.05) is 23.2 Å². The van der Waals surface area contributed by atoms with Gasteiger partial charge in [0.15, 0.2) is 0 Å². The molecule has 2 atom stereocenters. The van der Waals surface area contributed by atoms with E-state index in [0.717, 1.165) is 37.2 Å². The SMILES string of the molecule is O=C(NC1CCCCC1NC(=O)c1cccc(OCCOc2ccccc2)c1)c1cccc(OCCOc2ccccc2)c1. The van der Waals surface area contributed by atoms with Gasteiger partial charge in [0.2, 0.25) is 0 Å². The van der Waals surface area contributed by atoms with E-state index in [-0.39, 0.29) is 23.9 Å². The van der Waals surface area contributed by atoms with Gasteiger partial charge in [0.25, 0.3) is 11.8 Å². The van der Waals surface area contributed by atoms with Gasteiger partial charge in [-0.1, -0.05) is 61.4 Å². The van der Waals surface area contributed by atoms with Crippen LogP contribution in [0.25, 0.3) is 0 Å². The third-order valence-corrected chi connectivity index (χ3v) is 7.32. The molecule has 1 aliphatic carbocycles. The number of hydrogen-bond donors (Lipinski definition) is 2. The van der Waals surface area contributed by atoms with Crippen LogP contribution in [0.5, 0.6) is 23.0 Å². The standard InChI is InChI=1S/C36H38N2O6/c39-35(27-11-9-17-31(25-27)43-23-21-41-29-13-3-1-4-14-29)37-33-19-7-8-20-34(33)38-36(40)28-12-10-18-32(26-28)44-24-22-42-30-15-5-2-6-16-30/h1-6,9-18,25-26,33-34H,7-8,19-24H2,(H,37,39)(H,38,40). The lowest BCUT2D eigenvalue weighted by Crippen LogP contribution is -2.53. The third kappa shape index (κ3) is 9.26. The highest BCUT2D eigenvalue weighted by Gasteiger charge is 2.28. The van der Waals surface area contributed by atoms with E-state index in [1.165, 1.54) is 0 Å². The fraction of sp³-hybridized carbons (Fsp3) is 0.278. The molecule has 0 radical (unpaired) electrons. The first-order valence-electron chi connectivity index (χ1n) is 15.1. The van der Waals surface area contributed by atoms with Gasteiger partial charge >= 0.3 is 0 Å². The summed E-state index contributed by atoms with van der Waals surface area (Å²) < 4.78 is 23.0. The molecule has 5 rings (SSSR count). The molecule has 2 amide bonds. The number of rotatable bonds is 14. The maximum Gasteiger partial charge on any atom is 0.251 e. The van der Waals surface area contributed by atoms with Crippen molar-refractivity contribution < 1.29 is 28.5 Å².